The lowest BCUT2D eigenvalue weighted by Gasteiger charge is -2.07. The zero-order chi connectivity index (χ0) is 12.2. The number of allylic oxidation sites excluding steroid dienone is 1. The Morgan fingerprint density at radius 1 is 1.43 bits per heavy atom. The molecule has 0 saturated carbocycles. The third kappa shape index (κ3) is 17.8. The maximum Gasteiger partial charge on any atom is 0.358 e. The van der Waals surface area contributed by atoms with E-state index < -0.39 is 9.76 Å². The van der Waals surface area contributed by atoms with Crippen LogP contribution in [-0.4, -0.2) is 16.4 Å². The predicted octanol–water partition coefficient (Wildman–Crippen LogP) is 3.91. The Kier molecular flexibility index (Phi) is 17.8. The summed E-state index contributed by atoms with van der Waals surface area (Å²) in [4.78, 5) is 10.4. The minimum Gasteiger partial charge on any atom is -0.463 e. The molecule has 0 heterocycles. The first kappa shape index (κ1) is 19.4. The maximum absolute atomic E-state index is 10.4. The first-order valence-electron chi connectivity index (χ1n) is 3.71. The van der Waals surface area contributed by atoms with Gasteiger partial charge < -0.3 is 4.74 Å². The van der Waals surface area contributed by atoms with Gasteiger partial charge in [0.1, 0.15) is 0 Å². The van der Waals surface area contributed by atoms with Crippen molar-refractivity contribution in [3.8, 4) is 0 Å². The number of hydrogen-bond acceptors (Lipinski definition) is 2. The average Bonchev–Trinajstić information content (AvgIpc) is 2.08. The van der Waals surface area contributed by atoms with Crippen molar-refractivity contribution in [3.05, 3.63) is 25.8 Å². The van der Waals surface area contributed by atoms with Crippen LogP contribution in [0.5, 0.6) is 0 Å². The number of rotatable bonds is 1. The summed E-state index contributed by atoms with van der Waals surface area (Å²) in [5.41, 5.74) is 0. The van der Waals surface area contributed by atoms with E-state index in [1.807, 2.05) is 6.92 Å². The van der Waals surface area contributed by atoms with Crippen molar-refractivity contribution in [1.29, 1.82) is 0 Å². The molecule has 0 saturated heterocycles. The van der Waals surface area contributed by atoms with Gasteiger partial charge in [0, 0.05) is 0 Å². The smallest absolute Gasteiger partial charge is 0.358 e. The fourth-order valence-electron chi connectivity index (χ4n) is 0.213. The van der Waals surface area contributed by atoms with Crippen LogP contribution in [0.25, 0.3) is 0 Å². The Balaban J connectivity index is -0.000000205. The quantitative estimate of drug-likeness (QED) is 0.406. The Morgan fingerprint density at radius 2 is 1.71 bits per heavy atom. The highest BCUT2D eigenvalue weighted by molar-refractivity contribution is 6.75. The van der Waals surface area contributed by atoms with Crippen LogP contribution in [0.4, 0.5) is 0 Å². The standard InChI is InChI=1S/C4H5Cl3O2.C3H6.C2H4/c1-2-9-3(8)4(5,6)7;1-3-2;1-2/h2H2,1H3;3H,1H2,2H3;1-2H2. The SMILES string of the molecule is C=C.C=CC.CCOC(=O)C(Cl)(Cl)Cl. The lowest BCUT2D eigenvalue weighted by Crippen LogP contribution is -2.21. The van der Waals surface area contributed by atoms with E-state index in [9.17, 15) is 4.79 Å². The van der Waals surface area contributed by atoms with Gasteiger partial charge in [-0.25, -0.2) is 4.79 Å². The molecule has 0 rings (SSSR count). The van der Waals surface area contributed by atoms with Crippen molar-refractivity contribution in [2.45, 2.75) is 17.6 Å². The molecule has 84 valence electrons. The minimum absolute atomic E-state index is 0.215. The molecular formula is C9H15Cl3O2. The molecule has 5 heteroatoms. The summed E-state index contributed by atoms with van der Waals surface area (Å²) < 4.78 is 2.44. The second kappa shape index (κ2) is 12.8. The van der Waals surface area contributed by atoms with Crippen molar-refractivity contribution < 1.29 is 9.53 Å². The summed E-state index contributed by atoms with van der Waals surface area (Å²) in [7, 11) is 0. The van der Waals surface area contributed by atoms with Gasteiger partial charge in [0.25, 0.3) is 3.79 Å². The second-order valence-electron chi connectivity index (χ2n) is 1.63. The first-order valence-corrected chi connectivity index (χ1v) is 4.84. The molecule has 0 aliphatic carbocycles. The molecule has 0 amide bonds. The molecule has 0 aromatic rings. The van der Waals surface area contributed by atoms with Crippen LogP contribution in [0.15, 0.2) is 25.8 Å². The van der Waals surface area contributed by atoms with E-state index in [0.717, 1.165) is 0 Å². The Bertz CT molecular complexity index is 153. The van der Waals surface area contributed by atoms with Gasteiger partial charge in [-0.3, -0.25) is 0 Å². The Hall–Kier alpha value is -0.180. The summed E-state index contributed by atoms with van der Waals surface area (Å²) in [5.74, 6) is -0.838. The molecule has 0 N–H and O–H groups in total. The van der Waals surface area contributed by atoms with E-state index in [1.54, 1.807) is 13.0 Å². The maximum atomic E-state index is 10.4. The fourth-order valence-corrected chi connectivity index (χ4v) is 0.377. The average molecular weight is 262 g/mol. The van der Waals surface area contributed by atoms with Gasteiger partial charge in [-0.15, -0.1) is 19.7 Å². The second-order valence-corrected chi connectivity index (χ2v) is 3.91. The van der Waals surface area contributed by atoms with Gasteiger partial charge in [-0.2, -0.15) is 0 Å². The molecule has 0 atom stereocenters. The largest absolute Gasteiger partial charge is 0.463 e. The molecule has 0 aromatic heterocycles. The van der Waals surface area contributed by atoms with Crippen LogP contribution in [0.1, 0.15) is 13.8 Å². The van der Waals surface area contributed by atoms with Gasteiger partial charge in [-0.05, 0) is 13.8 Å². The number of alkyl halides is 3. The molecule has 0 aliphatic rings. The third-order valence-electron chi connectivity index (χ3n) is 0.507. The summed E-state index contributed by atoms with van der Waals surface area (Å²) >= 11 is 15.4. The molecule has 2 nitrogen and oxygen atoms in total. The molecule has 0 spiro atoms. The van der Waals surface area contributed by atoms with Crippen molar-refractivity contribution in [2.75, 3.05) is 6.61 Å². The zero-order valence-corrected chi connectivity index (χ0v) is 10.6. The van der Waals surface area contributed by atoms with Crippen LogP contribution >= 0.6 is 34.8 Å². The molecule has 14 heavy (non-hydrogen) atoms. The zero-order valence-electron chi connectivity index (χ0n) is 8.36. The van der Waals surface area contributed by atoms with Crippen molar-refractivity contribution in [3.63, 3.8) is 0 Å². The molecule has 0 bridgehead atoms. The highest BCUT2D eigenvalue weighted by Crippen LogP contribution is 2.27. The Labute approximate surface area is 100 Å². The van der Waals surface area contributed by atoms with Gasteiger partial charge in [-0.1, -0.05) is 40.9 Å². The van der Waals surface area contributed by atoms with Crippen LogP contribution < -0.4 is 0 Å². The van der Waals surface area contributed by atoms with Gasteiger partial charge in [0.2, 0.25) is 0 Å². The summed E-state index contributed by atoms with van der Waals surface area (Å²) in [6.07, 6.45) is 1.75. The molecule has 0 aliphatic heterocycles. The highest BCUT2D eigenvalue weighted by atomic mass is 35.6. The lowest BCUT2D eigenvalue weighted by atomic mass is 10.7. The minimum atomic E-state index is -1.93. The van der Waals surface area contributed by atoms with Crippen molar-refractivity contribution in [2.24, 2.45) is 0 Å². The van der Waals surface area contributed by atoms with Crippen LogP contribution in [-0.2, 0) is 9.53 Å². The van der Waals surface area contributed by atoms with Crippen molar-refractivity contribution in [1.82, 2.24) is 0 Å². The van der Waals surface area contributed by atoms with Crippen LogP contribution in [0, 0.1) is 0 Å². The lowest BCUT2D eigenvalue weighted by molar-refractivity contribution is -0.141. The predicted molar refractivity (Wildman–Crippen MR) is 64.0 cm³/mol. The van der Waals surface area contributed by atoms with Crippen LogP contribution in [0.2, 0.25) is 0 Å². The third-order valence-corrected chi connectivity index (χ3v) is 0.970. The van der Waals surface area contributed by atoms with E-state index >= 15 is 0 Å². The molecular weight excluding hydrogens is 246 g/mol. The number of hydrogen-bond donors (Lipinski definition) is 0. The number of halogens is 3. The summed E-state index contributed by atoms with van der Waals surface area (Å²) in [5, 5.41) is 0. The van der Waals surface area contributed by atoms with Crippen LogP contribution in [0.3, 0.4) is 0 Å². The summed E-state index contributed by atoms with van der Waals surface area (Å²) in [6.45, 7) is 13.1. The van der Waals surface area contributed by atoms with E-state index in [2.05, 4.69) is 24.5 Å². The monoisotopic (exact) mass is 260 g/mol. The topological polar surface area (TPSA) is 26.3 Å². The van der Waals surface area contributed by atoms with Crippen molar-refractivity contribution >= 4 is 40.8 Å². The molecule has 0 radical (unpaired) electrons. The molecule has 0 fully saturated rings. The number of ether oxygens (including phenoxy) is 1. The van der Waals surface area contributed by atoms with Gasteiger partial charge in [0.05, 0.1) is 6.61 Å². The fraction of sp³-hybridized carbons (Fsp3) is 0.444. The Morgan fingerprint density at radius 3 is 1.79 bits per heavy atom. The summed E-state index contributed by atoms with van der Waals surface area (Å²) in [6, 6.07) is 0. The van der Waals surface area contributed by atoms with Gasteiger partial charge in [0.15, 0.2) is 0 Å². The van der Waals surface area contributed by atoms with E-state index in [0.29, 0.717) is 0 Å². The normalized spacial score (nSPS) is 8.36. The number of esters is 1. The number of carbonyl (C=O) groups excluding carboxylic acids is 1. The molecule has 0 aromatic carbocycles. The van der Waals surface area contributed by atoms with E-state index in [-0.39, 0.29) is 6.61 Å². The van der Waals surface area contributed by atoms with Gasteiger partial charge >= 0.3 is 5.97 Å². The number of carbonyl (C=O) groups is 1. The first-order chi connectivity index (χ1) is 6.40. The van der Waals surface area contributed by atoms with E-state index in [4.69, 9.17) is 34.8 Å². The van der Waals surface area contributed by atoms with E-state index in [1.165, 1.54) is 0 Å². The highest BCUT2D eigenvalue weighted by Gasteiger charge is 2.31. The molecule has 0 unspecified atom stereocenters.